The predicted molar refractivity (Wildman–Crippen MR) is 64.5 cm³/mol. The van der Waals surface area contributed by atoms with Crippen LogP contribution in [0, 0.1) is 5.41 Å². The van der Waals surface area contributed by atoms with E-state index < -0.39 is 23.4 Å². The molecule has 98 valence electrons. The number of ether oxygens (including phenoxy) is 1. The van der Waals surface area contributed by atoms with Crippen LogP contribution in [0.4, 0.5) is 0 Å². The van der Waals surface area contributed by atoms with Gasteiger partial charge in [-0.3, -0.25) is 9.59 Å². The molecule has 0 unspecified atom stereocenters. The Labute approximate surface area is 134 Å². The van der Waals surface area contributed by atoms with Gasteiger partial charge < -0.3 is 23.1 Å². The molecule has 0 rings (SSSR count). The number of esters is 1. The molecule has 0 aliphatic carbocycles. The van der Waals surface area contributed by atoms with E-state index >= 15 is 0 Å². The molecule has 17 heavy (non-hydrogen) atoms. The average Bonchev–Trinajstić information content (AvgIpc) is 2.27. The summed E-state index contributed by atoms with van der Waals surface area (Å²) >= 11 is 0. The van der Waals surface area contributed by atoms with E-state index in [2.05, 4.69) is 10.1 Å². The van der Waals surface area contributed by atoms with E-state index in [-0.39, 0.29) is 60.2 Å². The number of nitrogens with one attached hydrogen (secondary N) is 1. The molecule has 0 saturated heterocycles. The van der Waals surface area contributed by atoms with Crippen molar-refractivity contribution >= 4 is 49.6 Å². The van der Waals surface area contributed by atoms with E-state index in [4.69, 9.17) is 5.11 Å². The third-order valence-corrected chi connectivity index (χ3v) is 2.25. The monoisotopic (exact) mass is 275 g/mol. The first-order valence-corrected chi connectivity index (χ1v) is 4.98. The molecule has 7 heteroatoms. The summed E-state index contributed by atoms with van der Waals surface area (Å²) in [7, 11) is 1.26. The molecule has 0 aromatic heterocycles. The van der Waals surface area contributed by atoms with Gasteiger partial charge in [0, 0.05) is 12.0 Å². The van der Waals surface area contributed by atoms with Crippen molar-refractivity contribution in [3.8, 4) is 0 Å². The molecule has 0 fully saturated rings. The van der Waals surface area contributed by atoms with Gasteiger partial charge in [0.05, 0.1) is 20.1 Å². The molecule has 3 N–H and O–H groups in total. The SMILES string of the molecule is COC(=O)CCNC(=O)[C@H](O)C(C)(C)CO.[Ca+2].[H-].[H-]. The number of hydrogen-bond donors (Lipinski definition) is 3. The Morgan fingerprint density at radius 3 is 2.41 bits per heavy atom. The zero-order valence-corrected chi connectivity index (χ0v) is 12.7. The summed E-state index contributed by atoms with van der Waals surface area (Å²) in [6, 6.07) is 0. The third-order valence-electron chi connectivity index (χ3n) is 2.25. The molecule has 6 nitrogen and oxygen atoms in total. The van der Waals surface area contributed by atoms with Crippen molar-refractivity contribution in [1.29, 1.82) is 0 Å². The molecule has 0 heterocycles. The van der Waals surface area contributed by atoms with Gasteiger partial charge in [-0.1, -0.05) is 13.8 Å². The standard InChI is InChI=1S/C10H19NO5.Ca.2H/c1-10(2,6-12)8(14)9(15)11-5-4-7(13)16-3;;;/h8,12,14H,4-6H2,1-3H3,(H,11,15);;;/q;+2;2*-1/t8-;;;/m0.../s1. The van der Waals surface area contributed by atoms with E-state index in [0.29, 0.717) is 0 Å². The summed E-state index contributed by atoms with van der Waals surface area (Å²) in [5, 5.41) is 20.9. The van der Waals surface area contributed by atoms with Gasteiger partial charge in [-0.05, 0) is 0 Å². The van der Waals surface area contributed by atoms with Gasteiger partial charge in [0.1, 0.15) is 6.10 Å². The van der Waals surface area contributed by atoms with Crippen LogP contribution in [0.15, 0.2) is 0 Å². The van der Waals surface area contributed by atoms with Gasteiger partial charge in [0.2, 0.25) is 5.91 Å². The summed E-state index contributed by atoms with van der Waals surface area (Å²) in [4.78, 5) is 22.1. The zero-order chi connectivity index (χ0) is 12.8. The van der Waals surface area contributed by atoms with Crippen molar-refractivity contribution in [2.75, 3.05) is 20.3 Å². The number of carbonyl (C=O) groups is 2. The fourth-order valence-corrected chi connectivity index (χ4v) is 0.928. The van der Waals surface area contributed by atoms with E-state index in [1.165, 1.54) is 7.11 Å². The molecular formula is C10H21CaNO5. The second-order valence-electron chi connectivity index (χ2n) is 4.17. The summed E-state index contributed by atoms with van der Waals surface area (Å²) in [6.07, 6.45) is -1.26. The molecule has 1 amide bonds. The molecule has 0 aromatic rings. The average molecular weight is 275 g/mol. The molecule has 0 aliphatic heterocycles. The summed E-state index contributed by atoms with van der Waals surface area (Å²) < 4.78 is 4.39. The first kappa shape index (κ1) is 19.5. The van der Waals surface area contributed by atoms with Crippen LogP contribution in [0.25, 0.3) is 0 Å². The number of amides is 1. The van der Waals surface area contributed by atoms with Crippen LogP contribution in [0.5, 0.6) is 0 Å². The smallest absolute Gasteiger partial charge is 1.00 e. The molecule has 0 saturated carbocycles. The predicted octanol–water partition coefficient (Wildman–Crippen LogP) is -1.11. The van der Waals surface area contributed by atoms with E-state index in [1.807, 2.05) is 0 Å². The van der Waals surface area contributed by atoms with Gasteiger partial charge in [0.15, 0.2) is 0 Å². The summed E-state index contributed by atoms with van der Waals surface area (Å²) in [5.74, 6) is -1.04. The number of hydrogen-bond acceptors (Lipinski definition) is 5. The minimum atomic E-state index is -1.31. The number of carbonyl (C=O) groups excluding carboxylic acids is 2. The molecule has 0 aromatic carbocycles. The maximum atomic E-state index is 11.4. The Kier molecular flexibility index (Phi) is 10.4. The van der Waals surface area contributed by atoms with E-state index in [9.17, 15) is 14.7 Å². The van der Waals surface area contributed by atoms with Gasteiger partial charge in [-0.15, -0.1) is 0 Å². The van der Waals surface area contributed by atoms with Crippen LogP contribution in [-0.4, -0.2) is 86.2 Å². The van der Waals surface area contributed by atoms with Crippen LogP contribution < -0.4 is 5.32 Å². The van der Waals surface area contributed by atoms with Gasteiger partial charge in [0.25, 0.3) is 0 Å². The van der Waals surface area contributed by atoms with Crippen LogP contribution in [0.2, 0.25) is 0 Å². The largest absolute Gasteiger partial charge is 2.00 e. The minimum Gasteiger partial charge on any atom is -1.00 e. The van der Waals surface area contributed by atoms with Gasteiger partial charge in [-0.25, -0.2) is 0 Å². The van der Waals surface area contributed by atoms with Crippen LogP contribution in [0.3, 0.4) is 0 Å². The van der Waals surface area contributed by atoms with Crippen molar-refractivity contribution in [2.45, 2.75) is 26.4 Å². The van der Waals surface area contributed by atoms with E-state index in [1.54, 1.807) is 13.8 Å². The summed E-state index contributed by atoms with van der Waals surface area (Å²) in [5.41, 5.74) is -0.907. The fourth-order valence-electron chi connectivity index (χ4n) is 0.928. The maximum absolute atomic E-state index is 11.4. The minimum absolute atomic E-state index is 0. The van der Waals surface area contributed by atoms with Crippen LogP contribution in [0.1, 0.15) is 23.1 Å². The van der Waals surface area contributed by atoms with E-state index in [0.717, 1.165) is 0 Å². The second kappa shape index (κ2) is 9.10. The number of rotatable bonds is 6. The van der Waals surface area contributed by atoms with Crippen molar-refractivity contribution in [3.63, 3.8) is 0 Å². The zero-order valence-electron chi connectivity index (χ0n) is 12.5. The molecular weight excluding hydrogens is 254 g/mol. The number of aliphatic hydroxyl groups is 2. The Morgan fingerprint density at radius 2 is 2.00 bits per heavy atom. The fraction of sp³-hybridized carbons (Fsp3) is 0.800. The van der Waals surface area contributed by atoms with Crippen molar-refractivity contribution in [1.82, 2.24) is 5.32 Å². The number of methoxy groups -OCH3 is 1. The molecule has 0 radical (unpaired) electrons. The molecule has 0 spiro atoms. The maximum Gasteiger partial charge on any atom is 2.00 e. The Bertz CT molecular complexity index is 266. The Morgan fingerprint density at radius 1 is 1.47 bits per heavy atom. The van der Waals surface area contributed by atoms with Crippen molar-refractivity contribution < 1.29 is 27.4 Å². The molecule has 0 aliphatic rings. The van der Waals surface area contributed by atoms with Crippen molar-refractivity contribution in [2.24, 2.45) is 5.41 Å². The van der Waals surface area contributed by atoms with Gasteiger partial charge >= 0.3 is 43.7 Å². The normalized spacial score (nSPS) is 12.3. The first-order valence-electron chi connectivity index (χ1n) is 4.98. The summed E-state index contributed by atoms with van der Waals surface area (Å²) in [6.45, 7) is 2.93. The Balaban J connectivity index is -0.000000375. The van der Waals surface area contributed by atoms with Crippen LogP contribution >= 0.6 is 0 Å². The second-order valence-corrected chi connectivity index (χ2v) is 4.17. The third kappa shape index (κ3) is 7.21. The molecule has 1 atom stereocenters. The molecule has 0 bridgehead atoms. The van der Waals surface area contributed by atoms with Crippen LogP contribution in [-0.2, 0) is 14.3 Å². The topological polar surface area (TPSA) is 95.9 Å². The van der Waals surface area contributed by atoms with Crippen molar-refractivity contribution in [3.05, 3.63) is 0 Å². The first-order chi connectivity index (χ1) is 7.35. The van der Waals surface area contributed by atoms with Gasteiger partial charge in [-0.2, -0.15) is 0 Å². The number of aliphatic hydroxyl groups excluding tert-OH is 2. The Hall–Kier alpha value is 0.120. The quantitative estimate of drug-likeness (QED) is 0.422.